The van der Waals surface area contributed by atoms with E-state index in [0.29, 0.717) is 30.4 Å². The molecular formula is C16H15NO6S. The predicted molar refractivity (Wildman–Crippen MR) is 86.3 cm³/mol. The molecule has 0 aliphatic carbocycles. The number of nitrogens with one attached hydrogen (secondary N) is 1. The van der Waals surface area contributed by atoms with Gasteiger partial charge in [-0.25, -0.2) is 13.2 Å². The zero-order valence-electron chi connectivity index (χ0n) is 12.6. The molecule has 8 heteroatoms. The van der Waals surface area contributed by atoms with E-state index in [0.717, 1.165) is 12.5 Å². The van der Waals surface area contributed by atoms with Gasteiger partial charge in [0.05, 0.1) is 29.4 Å². The molecule has 2 N–H and O–H groups in total. The number of sulfonamides is 1. The average Bonchev–Trinajstić information content (AvgIpc) is 2.79. The van der Waals surface area contributed by atoms with Crippen molar-refractivity contribution in [2.24, 2.45) is 0 Å². The number of carboxylic acid groups (broad SMARTS) is 1. The molecule has 7 nitrogen and oxygen atoms in total. The van der Waals surface area contributed by atoms with Crippen LogP contribution >= 0.6 is 0 Å². The Morgan fingerprint density at radius 1 is 1.04 bits per heavy atom. The molecule has 0 spiro atoms. The summed E-state index contributed by atoms with van der Waals surface area (Å²) in [6.07, 6.45) is 0.748. The van der Waals surface area contributed by atoms with E-state index >= 15 is 0 Å². The zero-order chi connectivity index (χ0) is 17.2. The fourth-order valence-corrected chi connectivity index (χ4v) is 3.33. The highest BCUT2D eigenvalue weighted by Gasteiger charge is 2.18. The van der Waals surface area contributed by atoms with Crippen LogP contribution in [0.2, 0.25) is 0 Å². The highest BCUT2D eigenvalue weighted by molar-refractivity contribution is 7.92. The van der Waals surface area contributed by atoms with Crippen molar-refractivity contribution < 1.29 is 27.8 Å². The number of anilines is 1. The summed E-state index contributed by atoms with van der Waals surface area (Å²) in [5, 5.41) is 8.98. The van der Waals surface area contributed by atoms with E-state index in [2.05, 4.69) is 4.72 Å². The van der Waals surface area contributed by atoms with E-state index in [1.54, 1.807) is 18.2 Å². The second kappa shape index (κ2) is 6.40. The maximum absolute atomic E-state index is 12.4. The molecule has 1 aliphatic heterocycles. The summed E-state index contributed by atoms with van der Waals surface area (Å²) in [6, 6.07) is 9.88. The Labute approximate surface area is 138 Å². The molecule has 0 atom stereocenters. The van der Waals surface area contributed by atoms with Crippen molar-refractivity contribution in [3.8, 4) is 11.5 Å². The lowest BCUT2D eigenvalue weighted by Gasteiger charge is -2.12. The van der Waals surface area contributed by atoms with Gasteiger partial charge in [0.2, 0.25) is 0 Å². The van der Waals surface area contributed by atoms with Crippen LogP contribution in [0.4, 0.5) is 5.69 Å². The fraction of sp³-hybridized carbons (Fsp3) is 0.188. The van der Waals surface area contributed by atoms with Gasteiger partial charge >= 0.3 is 5.97 Å². The maximum atomic E-state index is 12.4. The second-order valence-corrected chi connectivity index (χ2v) is 6.83. The van der Waals surface area contributed by atoms with Gasteiger partial charge in [0, 0.05) is 12.5 Å². The first-order valence-electron chi connectivity index (χ1n) is 7.21. The number of fused-ring (bicyclic) bond motifs is 1. The molecule has 0 saturated carbocycles. The van der Waals surface area contributed by atoms with E-state index < -0.39 is 16.0 Å². The normalized spacial score (nSPS) is 13.8. The molecule has 2 aromatic carbocycles. The van der Waals surface area contributed by atoms with Gasteiger partial charge in [0.15, 0.2) is 11.5 Å². The number of aromatic carboxylic acids is 1. The number of hydrogen-bond acceptors (Lipinski definition) is 5. The fourth-order valence-electron chi connectivity index (χ4n) is 2.24. The van der Waals surface area contributed by atoms with Crippen molar-refractivity contribution in [2.75, 3.05) is 17.9 Å². The van der Waals surface area contributed by atoms with Crippen LogP contribution in [-0.2, 0) is 10.0 Å². The molecule has 0 unspecified atom stereocenters. The number of hydrogen-bond donors (Lipinski definition) is 2. The Kier molecular flexibility index (Phi) is 4.30. The average molecular weight is 349 g/mol. The first-order chi connectivity index (χ1) is 11.5. The standard InChI is InChI=1S/C16H15NO6S/c18-16(19)11-3-1-4-13(9-11)24(20,21)17-12-5-6-14-15(10-12)23-8-2-7-22-14/h1,3-6,9-10,17H,2,7-8H2,(H,18,19). The number of carbonyl (C=O) groups is 1. The van der Waals surface area contributed by atoms with Crippen molar-refractivity contribution >= 4 is 21.7 Å². The molecular weight excluding hydrogens is 334 g/mol. The quantitative estimate of drug-likeness (QED) is 0.878. The minimum Gasteiger partial charge on any atom is -0.490 e. The third-order valence-electron chi connectivity index (χ3n) is 3.39. The molecule has 3 rings (SSSR count). The largest absolute Gasteiger partial charge is 0.490 e. The Hall–Kier alpha value is -2.74. The molecule has 0 radical (unpaired) electrons. The van der Waals surface area contributed by atoms with E-state index in [1.165, 1.54) is 18.2 Å². The smallest absolute Gasteiger partial charge is 0.335 e. The molecule has 126 valence electrons. The van der Waals surface area contributed by atoms with Crippen LogP contribution in [0.3, 0.4) is 0 Å². The molecule has 0 bridgehead atoms. The lowest BCUT2D eigenvalue weighted by molar-refractivity contribution is 0.0696. The van der Waals surface area contributed by atoms with E-state index in [4.69, 9.17) is 14.6 Å². The first-order valence-corrected chi connectivity index (χ1v) is 8.70. The van der Waals surface area contributed by atoms with Crippen LogP contribution in [0.15, 0.2) is 47.4 Å². The molecule has 0 amide bonds. The van der Waals surface area contributed by atoms with Crippen LogP contribution < -0.4 is 14.2 Å². The summed E-state index contributed by atoms with van der Waals surface area (Å²) in [7, 11) is -3.91. The number of benzene rings is 2. The molecule has 0 fully saturated rings. The van der Waals surface area contributed by atoms with Gasteiger partial charge in [-0.05, 0) is 30.3 Å². The lowest BCUT2D eigenvalue weighted by atomic mass is 10.2. The van der Waals surface area contributed by atoms with Gasteiger partial charge < -0.3 is 14.6 Å². The van der Waals surface area contributed by atoms with Gasteiger partial charge in [-0.15, -0.1) is 0 Å². The topological polar surface area (TPSA) is 102 Å². The van der Waals surface area contributed by atoms with Gasteiger partial charge in [0.1, 0.15) is 0 Å². The highest BCUT2D eigenvalue weighted by atomic mass is 32.2. The van der Waals surface area contributed by atoms with Crippen LogP contribution in [0.1, 0.15) is 16.8 Å². The van der Waals surface area contributed by atoms with Crippen molar-refractivity contribution in [3.63, 3.8) is 0 Å². The molecule has 0 aromatic heterocycles. The van der Waals surface area contributed by atoms with Crippen molar-refractivity contribution in [3.05, 3.63) is 48.0 Å². The number of carboxylic acids is 1. The summed E-state index contributed by atoms with van der Waals surface area (Å²) >= 11 is 0. The van der Waals surface area contributed by atoms with E-state index in [9.17, 15) is 13.2 Å². The summed E-state index contributed by atoms with van der Waals surface area (Å²) in [5.41, 5.74) is 0.205. The summed E-state index contributed by atoms with van der Waals surface area (Å²) < 4.78 is 38.3. The lowest BCUT2D eigenvalue weighted by Crippen LogP contribution is -2.13. The Morgan fingerprint density at radius 3 is 2.54 bits per heavy atom. The van der Waals surface area contributed by atoms with E-state index in [-0.39, 0.29) is 10.5 Å². The van der Waals surface area contributed by atoms with Gasteiger partial charge in [0.25, 0.3) is 10.0 Å². The van der Waals surface area contributed by atoms with Crippen molar-refractivity contribution in [1.82, 2.24) is 0 Å². The molecule has 1 aliphatic rings. The minimum atomic E-state index is -3.91. The Balaban J connectivity index is 1.88. The molecule has 1 heterocycles. The molecule has 24 heavy (non-hydrogen) atoms. The maximum Gasteiger partial charge on any atom is 0.335 e. The second-order valence-electron chi connectivity index (χ2n) is 5.15. The van der Waals surface area contributed by atoms with Crippen molar-refractivity contribution in [1.29, 1.82) is 0 Å². The molecule has 0 saturated heterocycles. The van der Waals surface area contributed by atoms with Gasteiger partial charge in [-0.1, -0.05) is 6.07 Å². The monoisotopic (exact) mass is 349 g/mol. The van der Waals surface area contributed by atoms with Crippen LogP contribution in [0, 0.1) is 0 Å². The Bertz CT molecular complexity index is 878. The number of ether oxygens (including phenoxy) is 2. The van der Waals surface area contributed by atoms with E-state index in [1.807, 2.05) is 0 Å². The first kappa shape index (κ1) is 16.1. The van der Waals surface area contributed by atoms with Crippen LogP contribution in [-0.4, -0.2) is 32.7 Å². The summed E-state index contributed by atoms with van der Waals surface area (Å²) in [6.45, 7) is 1.03. The highest BCUT2D eigenvalue weighted by Crippen LogP contribution is 2.33. The van der Waals surface area contributed by atoms with Gasteiger partial charge in [-0.3, -0.25) is 4.72 Å². The van der Waals surface area contributed by atoms with Crippen LogP contribution in [0.25, 0.3) is 0 Å². The zero-order valence-corrected chi connectivity index (χ0v) is 13.4. The Morgan fingerprint density at radius 2 is 1.79 bits per heavy atom. The SMILES string of the molecule is O=C(O)c1cccc(S(=O)(=O)Nc2ccc3c(c2)OCCCO3)c1. The third kappa shape index (κ3) is 3.43. The van der Waals surface area contributed by atoms with Crippen molar-refractivity contribution in [2.45, 2.75) is 11.3 Å². The third-order valence-corrected chi connectivity index (χ3v) is 4.77. The van der Waals surface area contributed by atoms with Crippen LogP contribution in [0.5, 0.6) is 11.5 Å². The number of rotatable bonds is 4. The molecule has 2 aromatic rings. The summed E-state index contributed by atoms with van der Waals surface area (Å²) in [4.78, 5) is 10.9. The minimum absolute atomic E-state index is 0.100. The predicted octanol–water partition coefficient (Wildman–Crippen LogP) is 2.35. The van der Waals surface area contributed by atoms with Gasteiger partial charge in [-0.2, -0.15) is 0 Å². The summed E-state index contributed by atoms with van der Waals surface area (Å²) in [5.74, 6) is -0.169.